The van der Waals surface area contributed by atoms with Crippen LogP contribution in [-0.2, 0) is 14.8 Å². The van der Waals surface area contributed by atoms with Crippen LogP contribution in [0.25, 0.3) is 0 Å². The molecule has 1 rings (SSSR count). The van der Waals surface area contributed by atoms with E-state index in [2.05, 4.69) is 5.32 Å². The topological polar surface area (TPSA) is 95.9 Å². The first-order valence-corrected chi connectivity index (χ1v) is 8.91. The van der Waals surface area contributed by atoms with Crippen molar-refractivity contribution in [1.29, 1.82) is 0 Å². The van der Waals surface area contributed by atoms with Crippen LogP contribution in [0.2, 0.25) is 5.02 Å². The summed E-state index contributed by atoms with van der Waals surface area (Å²) in [4.78, 5) is 11.6. The number of rotatable bonds is 9. The van der Waals surface area contributed by atoms with Crippen LogP contribution in [0.15, 0.2) is 23.1 Å². The molecule has 1 aromatic rings. The zero-order valence-corrected chi connectivity index (χ0v) is 14.7. The molecule has 2 N–H and O–H groups in total. The Kier molecular flexibility index (Phi) is 7.77. The molecule has 0 atom stereocenters. The third-order valence-corrected chi connectivity index (χ3v) is 4.98. The molecule has 0 aliphatic heterocycles. The maximum atomic E-state index is 12.6. The van der Waals surface area contributed by atoms with Crippen LogP contribution in [-0.4, -0.2) is 57.1 Å². The quantitative estimate of drug-likeness (QED) is 0.633. The van der Waals surface area contributed by atoms with E-state index in [1.54, 1.807) is 6.92 Å². The largest absolute Gasteiger partial charge is 0.492 e. The number of amides is 1. The van der Waals surface area contributed by atoms with Crippen LogP contribution in [0.3, 0.4) is 0 Å². The summed E-state index contributed by atoms with van der Waals surface area (Å²) in [5.74, 6) is -0.269. The fraction of sp³-hybridized carbons (Fsp3) is 0.500. The predicted octanol–water partition coefficient (Wildman–Crippen LogP) is 0.858. The van der Waals surface area contributed by atoms with Gasteiger partial charge < -0.3 is 15.2 Å². The first-order chi connectivity index (χ1) is 10.8. The van der Waals surface area contributed by atoms with E-state index in [9.17, 15) is 13.2 Å². The summed E-state index contributed by atoms with van der Waals surface area (Å²) in [5, 5.41) is 11.4. The molecule has 0 aliphatic carbocycles. The van der Waals surface area contributed by atoms with Crippen molar-refractivity contribution >= 4 is 27.5 Å². The molecule has 7 nitrogen and oxygen atoms in total. The number of benzene rings is 1. The van der Waals surface area contributed by atoms with E-state index in [1.165, 1.54) is 25.2 Å². The Hall–Kier alpha value is -1.35. The standard InChI is InChI=1S/C14H21ClN2O5S/c1-3-22-12-6-5-11(15)9-13(12)23(20,21)17(2)10-14(19)16-7-4-8-18/h5-6,9,18H,3-4,7-8,10H2,1-2H3,(H,16,19). The van der Waals surface area contributed by atoms with Crippen molar-refractivity contribution in [2.24, 2.45) is 0 Å². The summed E-state index contributed by atoms with van der Waals surface area (Å²) in [5.41, 5.74) is 0. The molecular formula is C14H21ClN2O5S. The van der Waals surface area contributed by atoms with Crippen molar-refractivity contribution in [2.75, 3.05) is 33.4 Å². The molecule has 0 spiro atoms. The van der Waals surface area contributed by atoms with Crippen molar-refractivity contribution < 1.29 is 23.1 Å². The zero-order valence-electron chi connectivity index (χ0n) is 13.1. The first-order valence-electron chi connectivity index (χ1n) is 7.09. The summed E-state index contributed by atoms with van der Waals surface area (Å²) >= 11 is 5.88. The van der Waals surface area contributed by atoms with Crippen LogP contribution < -0.4 is 10.1 Å². The van der Waals surface area contributed by atoms with Gasteiger partial charge in [0.05, 0.1) is 13.2 Å². The smallest absolute Gasteiger partial charge is 0.247 e. The van der Waals surface area contributed by atoms with Gasteiger partial charge in [-0.25, -0.2) is 8.42 Å². The Morgan fingerprint density at radius 1 is 1.43 bits per heavy atom. The first kappa shape index (κ1) is 19.7. The number of hydrogen-bond acceptors (Lipinski definition) is 5. The maximum Gasteiger partial charge on any atom is 0.247 e. The number of hydrogen-bond donors (Lipinski definition) is 2. The molecular weight excluding hydrogens is 344 g/mol. The third-order valence-electron chi connectivity index (χ3n) is 2.92. The van der Waals surface area contributed by atoms with Gasteiger partial charge in [-0.05, 0) is 31.5 Å². The van der Waals surface area contributed by atoms with Crippen molar-refractivity contribution in [3.63, 3.8) is 0 Å². The number of nitrogens with one attached hydrogen (secondary N) is 1. The van der Waals surface area contributed by atoms with Crippen LogP contribution in [0.5, 0.6) is 5.75 Å². The Morgan fingerprint density at radius 3 is 2.74 bits per heavy atom. The van der Waals surface area contributed by atoms with Gasteiger partial charge in [0.25, 0.3) is 0 Å². The lowest BCUT2D eigenvalue weighted by Gasteiger charge is -2.19. The highest BCUT2D eigenvalue weighted by Gasteiger charge is 2.26. The molecule has 0 saturated carbocycles. The van der Waals surface area contributed by atoms with Gasteiger partial charge >= 0.3 is 0 Å². The number of nitrogens with zero attached hydrogens (tertiary/aromatic N) is 1. The zero-order chi connectivity index (χ0) is 17.5. The van der Waals surface area contributed by atoms with E-state index in [0.717, 1.165) is 4.31 Å². The van der Waals surface area contributed by atoms with Gasteiger partial charge in [0.15, 0.2) is 0 Å². The van der Waals surface area contributed by atoms with E-state index < -0.39 is 15.9 Å². The summed E-state index contributed by atoms with van der Waals surface area (Å²) in [6.45, 7) is 1.93. The number of likely N-dealkylation sites (N-methyl/N-ethyl adjacent to an activating group) is 1. The van der Waals surface area contributed by atoms with Crippen molar-refractivity contribution in [3.8, 4) is 5.75 Å². The molecule has 0 unspecified atom stereocenters. The van der Waals surface area contributed by atoms with Crippen LogP contribution >= 0.6 is 11.6 Å². The molecule has 1 aromatic carbocycles. The fourth-order valence-corrected chi connectivity index (χ4v) is 3.29. The normalized spacial score (nSPS) is 11.5. The molecule has 130 valence electrons. The van der Waals surface area contributed by atoms with Crippen LogP contribution in [0, 0.1) is 0 Å². The summed E-state index contributed by atoms with van der Waals surface area (Å²) in [7, 11) is -2.62. The van der Waals surface area contributed by atoms with Gasteiger partial charge in [-0.2, -0.15) is 4.31 Å². The Balaban J connectivity index is 2.93. The molecule has 1 amide bonds. The molecule has 0 aliphatic rings. The van der Waals surface area contributed by atoms with E-state index in [4.69, 9.17) is 21.4 Å². The SMILES string of the molecule is CCOc1ccc(Cl)cc1S(=O)(=O)N(C)CC(=O)NCCCO. The molecule has 9 heteroatoms. The van der Waals surface area contributed by atoms with Gasteiger partial charge in [-0.3, -0.25) is 4.79 Å². The summed E-state index contributed by atoms with van der Waals surface area (Å²) in [6.07, 6.45) is 0.408. The Labute approximate surface area is 141 Å². The maximum absolute atomic E-state index is 12.6. The average Bonchev–Trinajstić information content (AvgIpc) is 2.49. The second kappa shape index (κ2) is 9.07. The summed E-state index contributed by atoms with van der Waals surface area (Å²) < 4.78 is 31.5. The van der Waals surface area contributed by atoms with E-state index in [-0.39, 0.29) is 35.4 Å². The lowest BCUT2D eigenvalue weighted by Crippen LogP contribution is -2.38. The third kappa shape index (κ3) is 5.65. The van der Waals surface area contributed by atoms with Gasteiger partial charge in [0.1, 0.15) is 10.6 Å². The molecule has 0 bridgehead atoms. The average molecular weight is 365 g/mol. The Bertz CT molecular complexity index is 636. The highest BCUT2D eigenvalue weighted by molar-refractivity contribution is 7.89. The van der Waals surface area contributed by atoms with Crippen LogP contribution in [0.1, 0.15) is 13.3 Å². The van der Waals surface area contributed by atoms with Gasteiger partial charge in [0, 0.05) is 25.2 Å². The molecule has 0 aromatic heterocycles. The van der Waals surface area contributed by atoms with Crippen molar-refractivity contribution in [3.05, 3.63) is 23.2 Å². The minimum absolute atomic E-state index is 0.0470. The predicted molar refractivity (Wildman–Crippen MR) is 87.1 cm³/mol. The number of carbonyl (C=O) groups excluding carboxylic acids is 1. The summed E-state index contributed by atoms with van der Waals surface area (Å²) in [6, 6.07) is 4.31. The lowest BCUT2D eigenvalue weighted by atomic mass is 10.3. The lowest BCUT2D eigenvalue weighted by molar-refractivity contribution is -0.121. The molecule has 0 heterocycles. The highest BCUT2D eigenvalue weighted by atomic mass is 35.5. The van der Waals surface area contributed by atoms with Crippen molar-refractivity contribution in [1.82, 2.24) is 9.62 Å². The van der Waals surface area contributed by atoms with E-state index in [1.807, 2.05) is 0 Å². The molecule has 0 saturated heterocycles. The van der Waals surface area contributed by atoms with E-state index >= 15 is 0 Å². The minimum atomic E-state index is -3.93. The van der Waals surface area contributed by atoms with E-state index in [0.29, 0.717) is 13.0 Å². The second-order valence-corrected chi connectivity index (χ2v) is 7.16. The van der Waals surface area contributed by atoms with Gasteiger partial charge in [-0.15, -0.1) is 0 Å². The Morgan fingerprint density at radius 2 is 2.13 bits per heavy atom. The van der Waals surface area contributed by atoms with Gasteiger partial charge in [0.2, 0.25) is 15.9 Å². The molecule has 0 fully saturated rings. The monoisotopic (exact) mass is 364 g/mol. The van der Waals surface area contributed by atoms with Crippen LogP contribution in [0.4, 0.5) is 0 Å². The number of carbonyl (C=O) groups is 1. The minimum Gasteiger partial charge on any atom is -0.492 e. The number of halogens is 1. The highest BCUT2D eigenvalue weighted by Crippen LogP contribution is 2.29. The molecule has 23 heavy (non-hydrogen) atoms. The van der Waals surface area contributed by atoms with Crippen molar-refractivity contribution in [2.45, 2.75) is 18.2 Å². The number of aliphatic hydroxyl groups is 1. The second-order valence-electron chi connectivity index (χ2n) is 4.71. The number of ether oxygens (including phenoxy) is 1. The fourth-order valence-electron chi connectivity index (χ4n) is 1.78. The van der Waals surface area contributed by atoms with Gasteiger partial charge in [-0.1, -0.05) is 11.6 Å². The number of aliphatic hydroxyl groups excluding tert-OH is 1. The molecule has 0 radical (unpaired) electrons. The number of sulfonamides is 1.